The number of halogens is 1. The first-order chi connectivity index (χ1) is 9.06. The molecular weight excluding hydrogens is 310 g/mol. The number of anilines is 1. The minimum Gasteiger partial charge on any atom is -0.465 e. The zero-order valence-corrected chi connectivity index (χ0v) is 12.1. The number of carbonyl (C=O) groups is 1. The standard InChI is InChI=1S/C13H16BrN3O2/c14-9-1-2-11(15-7-9)17-4-3-13(8-17)5-10(6-13)16-12(18)19/h1-2,7,10,16H,3-6,8H2,(H,18,19). The van der Waals surface area contributed by atoms with Crippen molar-refractivity contribution in [3.63, 3.8) is 0 Å². The van der Waals surface area contributed by atoms with Crippen LogP contribution in [0.5, 0.6) is 0 Å². The average Bonchev–Trinajstić information content (AvgIpc) is 2.74. The van der Waals surface area contributed by atoms with Gasteiger partial charge in [0, 0.05) is 29.8 Å². The predicted molar refractivity (Wildman–Crippen MR) is 75.4 cm³/mol. The molecule has 0 unspecified atom stereocenters. The molecule has 19 heavy (non-hydrogen) atoms. The van der Waals surface area contributed by atoms with E-state index in [2.05, 4.69) is 31.1 Å². The number of carboxylic acid groups (broad SMARTS) is 1. The number of nitrogens with zero attached hydrogens (tertiary/aromatic N) is 2. The lowest BCUT2D eigenvalue weighted by Gasteiger charge is -2.44. The topological polar surface area (TPSA) is 65.5 Å². The fourth-order valence-electron chi connectivity index (χ4n) is 3.28. The Bertz CT molecular complexity index is 485. The molecule has 2 fully saturated rings. The normalized spacial score (nSPS) is 29.3. The summed E-state index contributed by atoms with van der Waals surface area (Å²) in [5.74, 6) is 1.01. The van der Waals surface area contributed by atoms with Gasteiger partial charge in [-0.05, 0) is 52.7 Å². The Hall–Kier alpha value is -1.30. The molecule has 1 aliphatic carbocycles. The highest BCUT2D eigenvalue weighted by molar-refractivity contribution is 9.10. The minimum atomic E-state index is -0.913. The lowest BCUT2D eigenvalue weighted by atomic mass is 9.65. The molecule has 6 heteroatoms. The Morgan fingerprint density at radius 3 is 2.95 bits per heavy atom. The summed E-state index contributed by atoms with van der Waals surface area (Å²) in [6.45, 7) is 1.99. The molecule has 1 saturated heterocycles. The van der Waals surface area contributed by atoms with E-state index in [-0.39, 0.29) is 6.04 Å². The van der Waals surface area contributed by atoms with E-state index in [9.17, 15) is 4.79 Å². The summed E-state index contributed by atoms with van der Waals surface area (Å²) >= 11 is 3.39. The monoisotopic (exact) mass is 325 g/mol. The predicted octanol–water partition coefficient (Wildman–Crippen LogP) is 2.47. The number of pyridine rings is 1. The van der Waals surface area contributed by atoms with Crippen LogP contribution in [0.25, 0.3) is 0 Å². The van der Waals surface area contributed by atoms with Crippen LogP contribution in [0.1, 0.15) is 19.3 Å². The molecule has 1 aliphatic heterocycles. The molecule has 1 spiro atoms. The van der Waals surface area contributed by atoms with Crippen molar-refractivity contribution in [3.05, 3.63) is 22.8 Å². The van der Waals surface area contributed by atoms with Gasteiger partial charge in [-0.3, -0.25) is 0 Å². The molecule has 1 amide bonds. The maximum atomic E-state index is 10.6. The lowest BCUT2D eigenvalue weighted by Crippen LogP contribution is -2.51. The summed E-state index contributed by atoms with van der Waals surface area (Å²) in [4.78, 5) is 17.3. The maximum absolute atomic E-state index is 10.6. The first-order valence-electron chi connectivity index (χ1n) is 6.42. The molecule has 0 atom stereocenters. The Morgan fingerprint density at radius 1 is 1.53 bits per heavy atom. The SMILES string of the molecule is O=C(O)NC1CC2(CCN(c3ccc(Br)cn3)C2)C1. The number of nitrogens with one attached hydrogen (secondary N) is 1. The third kappa shape index (κ3) is 2.54. The Labute approximate surface area is 120 Å². The number of aromatic nitrogens is 1. The van der Waals surface area contributed by atoms with Gasteiger partial charge in [0.15, 0.2) is 0 Å². The van der Waals surface area contributed by atoms with Crippen molar-refractivity contribution in [2.45, 2.75) is 25.3 Å². The fourth-order valence-corrected chi connectivity index (χ4v) is 3.52. The third-order valence-electron chi connectivity index (χ3n) is 4.16. The minimum absolute atomic E-state index is 0.135. The molecule has 1 aromatic rings. The van der Waals surface area contributed by atoms with E-state index in [0.717, 1.165) is 42.6 Å². The zero-order chi connectivity index (χ0) is 13.5. The summed E-state index contributed by atoms with van der Waals surface area (Å²) in [5.41, 5.74) is 0.294. The molecule has 5 nitrogen and oxygen atoms in total. The highest BCUT2D eigenvalue weighted by atomic mass is 79.9. The first-order valence-corrected chi connectivity index (χ1v) is 7.22. The van der Waals surface area contributed by atoms with Crippen molar-refractivity contribution in [3.8, 4) is 0 Å². The van der Waals surface area contributed by atoms with Crippen molar-refractivity contribution in [1.29, 1.82) is 0 Å². The summed E-state index contributed by atoms with van der Waals surface area (Å²) < 4.78 is 0.986. The summed E-state index contributed by atoms with van der Waals surface area (Å²) in [6, 6.07) is 4.16. The second kappa shape index (κ2) is 4.67. The summed E-state index contributed by atoms with van der Waals surface area (Å²) in [7, 11) is 0. The third-order valence-corrected chi connectivity index (χ3v) is 4.63. The van der Waals surface area contributed by atoms with Gasteiger partial charge in [0.1, 0.15) is 5.82 Å². The van der Waals surface area contributed by atoms with E-state index in [4.69, 9.17) is 5.11 Å². The van der Waals surface area contributed by atoms with E-state index >= 15 is 0 Å². The van der Waals surface area contributed by atoms with Crippen LogP contribution in [0.4, 0.5) is 10.6 Å². The molecule has 102 valence electrons. The van der Waals surface area contributed by atoms with Gasteiger partial charge in [0.25, 0.3) is 0 Å². The highest BCUT2D eigenvalue weighted by Crippen LogP contribution is 2.48. The smallest absolute Gasteiger partial charge is 0.404 e. The molecule has 2 aliphatic rings. The van der Waals surface area contributed by atoms with Crippen LogP contribution in [0.3, 0.4) is 0 Å². The van der Waals surface area contributed by atoms with Crippen LogP contribution < -0.4 is 10.2 Å². The van der Waals surface area contributed by atoms with Crippen molar-refractivity contribution in [2.24, 2.45) is 5.41 Å². The van der Waals surface area contributed by atoms with Gasteiger partial charge < -0.3 is 15.3 Å². The van der Waals surface area contributed by atoms with E-state index in [1.54, 1.807) is 0 Å². The maximum Gasteiger partial charge on any atom is 0.404 e. The number of hydrogen-bond acceptors (Lipinski definition) is 3. The van der Waals surface area contributed by atoms with E-state index in [0.29, 0.717) is 5.41 Å². The van der Waals surface area contributed by atoms with E-state index in [1.807, 2.05) is 18.3 Å². The molecule has 2 N–H and O–H groups in total. The van der Waals surface area contributed by atoms with Gasteiger partial charge in [-0.25, -0.2) is 9.78 Å². The molecule has 0 aromatic carbocycles. The van der Waals surface area contributed by atoms with E-state index < -0.39 is 6.09 Å². The summed E-state index contributed by atoms with van der Waals surface area (Å²) in [5, 5.41) is 11.3. The molecule has 3 rings (SSSR count). The van der Waals surface area contributed by atoms with Crippen molar-refractivity contribution < 1.29 is 9.90 Å². The van der Waals surface area contributed by atoms with Crippen LogP contribution in [0.15, 0.2) is 22.8 Å². The molecule has 1 saturated carbocycles. The Balaban J connectivity index is 1.59. The molecule has 1 aromatic heterocycles. The first kappa shape index (κ1) is 12.7. The Kier molecular flexibility index (Phi) is 3.12. The number of rotatable bonds is 2. The van der Waals surface area contributed by atoms with Crippen molar-refractivity contribution in [2.75, 3.05) is 18.0 Å². The van der Waals surface area contributed by atoms with Gasteiger partial charge in [-0.2, -0.15) is 0 Å². The fraction of sp³-hybridized carbons (Fsp3) is 0.538. The van der Waals surface area contributed by atoms with Crippen molar-refractivity contribution in [1.82, 2.24) is 10.3 Å². The average molecular weight is 326 g/mol. The van der Waals surface area contributed by atoms with Crippen LogP contribution >= 0.6 is 15.9 Å². The second-order valence-corrected chi connectivity index (χ2v) is 6.48. The largest absolute Gasteiger partial charge is 0.465 e. The van der Waals surface area contributed by atoms with Crippen LogP contribution in [0.2, 0.25) is 0 Å². The highest BCUT2D eigenvalue weighted by Gasteiger charge is 2.49. The van der Waals surface area contributed by atoms with Gasteiger partial charge in [0.05, 0.1) is 0 Å². The van der Waals surface area contributed by atoms with Crippen molar-refractivity contribution >= 4 is 27.8 Å². The van der Waals surface area contributed by atoms with Crippen LogP contribution in [-0.2, 0) is 0 Å². The van der Waals surface area contributed by atoms with Crippen LogP contribution in [0, 0.1) is 5.41 Å². The quantitative estimate of drug-likeness (QED) is 0.876. The number of hydrogen-bond donors (Lipinski definition) is 2. The molecular formula is C13H16BrN3O2. The van der Waals surface area contributed by atoms with Gasteiger partial charge in [0.2, 0.25) is 0 Å². The van der Waals surface area contributed by atoms with Gasteiger partial charge >= 0.3 is 6.09 Å². The lowest BCUT2D eigenvalue weighted by molar-refractivity contribution is 0.102. The molecule has 0 radical (unpaired) electrons. The van der Waals surface area contributed by atoms with Gasteiger partial charge in [-0.15, -0.1) is 0 Å². The molecule has 2 heterocycles. The second-order valence-electron chi connectivity index (χ2n) is 5.56. The van der Waals surface area contributed by atoms with Gasteiger partial charge in [-0.1, -0.05) is 0 Å². The van der Waals surface area contributed by atoms with E-state index in [1.165, 1.54) is 0 Å². The summed E-state index contributed by atoms with van der Waals surface area (Å²) in [6.07, 6.45) is 3.93. The number of amides is 1. The zero-order valence-electron chi connectivity index (χ0n) is 10.5. The van der Waals surface area contributed by atoms with Crippen LogP contribution in [-0.4, -0.2) is 35.3 Å². The Morgan fingerprint density at radius 2 is 2.32 bits per heavy atom. The molecule has 0 bridgehead atoms.